The van der Waals surface area contributed by atoms with Crippen LogP contribution in [0.3, 0.4) is 0 Å². The smallest absolute Gasteiger partial charge is 0.248 e. The second-order valence-electron chi connectivity index (χ2n) is 4.82. The van der Waals surface area contributed by atoms with Crippen LogP contribution < -0.4 is 10.5 Å². The van der Waals surface area contributed by atoms with Crippen LogP contribution >= 0.6 is 0 Å². The molecule has 0 saturated carbocycles. The summed E-state index contributed by atoms with van der Waals surface area (Å²) in [5.41, 5.74) is 7.07. The van der Waals surface area contributed by atoms with Crippen molar-refractivity contribution < 1.29 is 9.53 Å². The Bertz CT molecular complexity index is 409. The Morgan fingerprint density at radius 1 is 1.21 bits per heavy atom. The van der Waals surface area contributed by atoms with Crippen LogP contribution in [-0.2, 0) is 0 Å². The minimum absolute atomic E-state index is 0.379. The second-order valence-corrected chi connectivity index (χ2v) is 4.82. The molecule has 1 rings (SSSR count). The first kappa shape index (κ1) is 15.5. The number of carbonyl (C=O) groups excluding carboxylic acids is 1. The van der Waals surface area contributed by atoms with E-state index in [1.165, 1.54) is 0 Å². The van der Waals surface area contributed by atoms with E-state index in [9.17, 15) is 4.79 Å². The van der Waals surface area contributed by atoms with Gasteiger partial charge in [0.25, 0.3) is 0 Å². The zero-order chi connectivity index (χ0) is 14.3. The van der Waals surface area contributed by atoms with Gasteiger partial charge in [-0.25, -0.2) is 0 Å². The third-order valence-corrected chi connectivity index (χ3v) is 3.31. The molecule has 2 N–H and O–H groups in total. The Hall–Kier alpha value is -1.51. The molecule has 0 aromatic heterocycles. The summed E-state index contributed by atoms with van der Waals surface area (Å²) in [6.45, 7) is 6.97. The van der Waals surface area contributed by atoms with Crippen LogP contribution in [0.2, 0.25) is 0 Å². The van der Waals surface area contributed by atoms with E-state index in [4.69, 9.17) is 10.5 Å². The average molecular weight is 263 g/mol. The first-order valence-electron chi connectivity index (χ1n) is 7.20. The summed E-state index contributed by atoms with van der Waals surface area (Å²) in [5.74, 6) is 0.950. The lowest BCUT2D eigenvalue weighted by molar-refractivity contribution is 0.1000. The summed E-state index contributed by atoms with van der Waals surface area (Å²) in [4.78, 5) is 11.3. The normalized spacial score (nSPS) is 10.7. The zero-order valence-corrected chi connectivity index (χ0v) is 12.2. The van der Waals surface area contributed by atoms with E-state index in [1.807, 2.05) is 19.1 Å². The molecule has 0 aliphatic heterocycles. The van der Waals surface area contributed by atoms with Crippen molar-refractivity contribution in [1.82, 2.24) is 0 Å². The van der Waals surface area contributed by atoms with Crippen molar-refractivity contribution >= 4 is 5.91 Å². The molecule has 0 saturated heterocycles. The van der Waals surface area contributed by atoms with Gasteiger partial charge in [-0.15, -0.1) is 0 Å². The van der Waals surface area contributed by atoms with Crippen LogP contribution in [0.1, 0.15) is 68.3 Å². The van der Waals surface area contributed by atoms with Crippen LogP contribution in [0.4, 0.5) is 0 Å². The highest BCUT2D eigenvalue weighted by molar-refractivity contribution is 5.93. The van der Waals surface area contributed by atoms with Gasteiger partial charge in [0.2, 0.25) is 5.91 Å². The minimum atomic E-state index is -0.379. The number of primary amides is 1. The van der Waals surface area contributed by atoms with Crippen molar-refractivity contribution in [2.24, 2.45) is 5.73 Å². The van der Waals surface area contributed by atoms with Crippen molar-refractivity contribution in [3.05, 3.63) is 29.3 Å². The molecular weight excluding hydrogens is 238 g/mol. The van der Waals surface area contributed by atoms with E-state index in [0.29, 0.717) is 18.1 Å². The van der Waals surface area contributed by atoms with Gasteiger partial charge in [-0.1, -0.05) is 26.7 Å². The largest absolute Gasteiger partial charge is 0.494 e. The molecule has 0 radical (unpaired) electrons. The molecule has 3 heteroatoms. The van der Waals surface area contributed by atoms with E-state index >= 15 is 0 Å². The number of carbonyl (C=O) groups is 1. The van der Waals surface area contributed by atoms with Crippen LogP contribution in [0.25, 0.3) is 0 Å². The van der Waals surface area contributed by atoms with Gasteiger partial charge in [0, 0.05) is 5.56 Å². The second kappa shape index (κ2) is 7.82. The van der Waals surface area contributed by atoms with Crippen molar-refractivity contribution in [3.63, 3.8) is 0 Å². The fourth-order valence-corrected chi connectivity index (χ4v) is 2.46. The van der Waals surface area contributed by atoms with Crippen molar-refractivity contribution in [2.45, 2.75) is 52.4 Å². The molecule has 0 spiro atoms. The summed E-state index contributed by atoms with van der Waals surface area (Å²) in [7, 11) is 0. The highest BCUT2D eigenvalue weighted by Gasteiger charge is 2.17. The monoisotopic (exact) mass is 263 g/mol. The summed E-state index contributed by atoms with van der Waals surface area (Å²) >= 11 is 0. The van der Waals surface area contributed by atoms with Crippen LogP contribution in [0.5, 0.6) is 5.75 Å². The maximum Gasteiger partial charge on any atom is 0.248 e. The Labute approximate surface area is 116 Å². The van der Waals surface area contributed by atoms with Gasteiger partial charge < -0.3 is 10.5 Å². The first-order chi connectivity index (χ1) is 9.13. The molecule has 3 nitrogen and oxygen atoms in total. The molecule has 106 valence electrons. The molecule has 19 heavy (non-hydrogen) atoms. The Morgan fingerprint density at radius 2 is 1.84 bits per heavy atom. The van der Waals surface area contributed by atoms with E-state index in [1.54, 1.807) is 6.07 Å². The highest BCUT2D eigenvalue weighted by atomic mass is 16.5. The first-order valence-corrected chi connectivity index (χ1v) is 7.20. The highest BCUT2D eigenvalue weighted by Crippen LogP contribution is 2.34. The number of hydrogen-bond donors (Lipinski definition) is 1. The maximum absolute atomic E-state index is 11.3. The molecule has 0 heterocycles. The fraction of sp³-hybridized carbons (Fsp3) is 0.562. The third kappa shape index (κ3) is 4.27. The molecule has 0 unspecified atom stereocenters. The summed E-state index contributed by atoms with van der Waals surface area (Å²) in [6, 6.07) is 5.52. The van der Waals surface area contributed by atoms with Gasteiger partial charge in [0.1, 0.15) is 5.75 Å². The van der Waals surface area contributed by atoms with E-state index < -0.39 is 0 Å². The molecule has 0 fully saturated rings. The third-order valence-electron chi connectivity index (χ3n) is 3.31. The molecule has 0 atom stereocenters. The van der Waals surface area contributed by atoms with Gasteiger partial charge in [-0.3, -0.25) is 4.79 Å². The Morgan fingerprint density at radius 3 is 2.32 bits per heavy atom. The summed E-state index contributed by atoms with van der Waals surface area (Å²) in [6.07, 6.45) is 4.46. The lowest BCUT2D eigenvalue weighted by atomic mass is 9.88. The van der Waals surface area contributed by atoms with Gasteiger partial charge >= 0.3 is 0 Å². The number of benzene rings is 1. The van der Waals surface area contributed by atoms with Gasteiger partial charge in [0.05, 0.1) is 6.61 Å². The molecular formula is C16H25NO2. The summed E-state index contributed by atoms with van der Waals surface area (Å²) < 4.78 is 5.69. The van der Waals surface area contributed by atoms with Crippen LogP contribution in [0.15, 0.2) is 18.2 Å². The predicted octanol–water partition coefficient (Wildman–Crippen LogP) is 3.87. The minimum Gasteiger partial charge on any atom is -0.494 e. The van der Waals surface area contributed by atoms with E-state index in [-0.39, 0.29) is 5.91 Å². The lowest BCUT2D eigenvalue weighted by Crippen LogP contribution is -2.12. The maximum atomic E-state index is 11.3. The van der Waals surface area contributed by atoms with Gasteiger partial charge in [-0.2, -0.15) is 0 Å². The molecule has 0 bridgehead atoms. The van der Waals surface area contributed by atoms with Crippen molar-refractivity contribution in [3.8, 4) is 5.75 Å². The van der Waals surface area contributed by atoms with Crippen LogP contribution in [-0.4, -0.2) is 12.5 Å². The van der Waals surface area contributed by atoms with Gasteiger partial charge in [0.15, 0.2) is 0 Å². The van der Waals surface area contributed by atoms with Crippen LogP contribution in [0, 0.1) is 0 Å². The quantitative estimate of drug-likeness (QED) is 0.774. The van der Waals surface area contributed by atoms with E-state index in [2.05, 4.69) is 13.8 Å². The predicted molar refractivity (Wildman–Crippen MR) is 78.7 cm³/mol. The van der Waals surface area contributed by atoms with E-state index in [0.717, 1.165) is 37.0 Å². The topological polar surface area (TPSA) is 52.3 Å². The standard InChI is InChI=1S/C16H25NO2/c1-4-7-12(8-5-2)14-11-13(16(17)18)9-10-15(14)19-6-3/h9-12H,4-8H2,1-3H3,(H2,17,18). The Kier molecular flexibility index (Phi) is 6.40. The number of ether oxygens (including phenoxy) is 1. The molecule has 1 aromatic carbocycles. The number of rotatable bonds is 8. The molecule has 1 aromatic rings. The summed E-state index contributed by atoms with van der Waals surface area (Å²) in [5, 5.41) is 0. The SMILES string of the molecule is CCCC(CCC)c1cc(C(N)=O)ccc1OCC. The van der Waals surface area contributed by atoms with Crippen molar-refractivity contribution in [1.29, 1.82) is 0 Å². The number of nitrogens with two attached hydrogens (primary N) is 1. The lowest BCUT2D eigenvalue weighted by Gasteiger charge is -2.20. The van der Waals surface area contributed by atoms with Gasteiger partial charge in [-0.05, 0) is 49.4 Å². The fourth-order valence-electron chi connectivity index (χ4n) is 2.46. The number of hydrogen-bond acceptors (Lipinski definition) is 2. The molecule has 1 amide bonds. The zero-order valence-electron chi connectivity index (χ0n) is 12.2. The molecule has 0 aliphatic rings. The Balaban J connectivity index is 3.16. The molecule has 0 aliphatic carbocycles. The average Bonchev–Trinajstić information content (AvgIpc) is 2.39. The van der Waals surface area contributed by atoms with Crippen molar-refractivity contribution in [2.75, 3.05) is 6.61 Å². The number of amides is 1.